The minimum Gasteiger partial charge on any atom is -0.0776 e. The van der Waals surface area contributed by atoms with E-state index in [2.05, 4.69) is 127 Å². The van der Waals surface area contributed by atoms with Crippen LogP contribution in [-0.2, 0) is 10.8 Å². The molecular weight excluding hydrogens is 456 g/mol. The zero-order valence-corrected chi connectivity index (χ0v) is 29.1. The van der Waals surface area contributed by atoms with E-state index in [1.165, 1.54) is 38.9 Å². The lowest BCUT2D eigenvalue weighted by molar-refractivity contribution is 0.566. The molecule has 0 N–H and O–H groups in total. The lowest BCUT2D eigenvalue weighted by atomic mass is 9.79. The zero-order valence-electron chi connectivity index (χ0n) is 29.1. The van der Waals surface area contributed by atoms with E-state index in [0.29, 0.717) is 17.8 Å². The van der Waals surface area contributed by atoms with Gasteiger partial charge in [-0.05, 0) is 81.4 Å². The number of rotatable bonds is 3. The molecule has 0 bridgehead atoms. The van der Waals surface area contributed by atoms with Crippen LogP contribution < -0.4 is 0 Å². The van der Waals surface area contributed by atoms with Crippen molar-refractivity contribution in [3.8, 4) is 0 Å². The summed E-state index contributed by atoms with van der Waals surface area (Å²) in [6.07, 6.45) is 0. The minimum absolute atomic E-state index is 0. The monoisotopic (exact) mass is 529 g/mol. The molecule has 0 aliphatic rings. The Morgan fingerprint density at radius 3 is 1.16 bits per heavy atom. The Labute approximate surface area is 243 Å². The second kappa shape index (κ2) is 20.4. The Morgan fingerprint density at radius 2 is 0.895 bits per heavy atom. The van der Waals surface area contributed by atoms with Crippen molar-refractivity contribution in [3.05, 3.63) is 69.3 Å². The second-order valence-electron chi connectivity index (χ2n) is 12.3. The molecule has 0 spiro atoms. The molecule has 0 nitrogen and oxygen atoms in total. The number of hydrogen-bond acceptors (Lipinski definition) is 0. The van der Waals surface area contributed by atoms with Crippen LogP contribution in [0.3, 0.4) is 0 Å². The molecule has 2 rings (SSSR count). The summed E-state index contributed by atoms with van der Waals surface area (Å²) in [7, 11) is 0. The predicted octanol–water partition coefficient (Wildman–Crippen LogP) is 13.7. The Bertz CT molecular complexity index is 820. The minimum atomic E-state index is 0. The summed E-state index contributed by atoms with van der Waals surface area (Å²) in [5, 5.41) is 0. The molecule has 0 amide bonds. The molecule has 0 atom stereocenters. The molecule has 38 heavy (non-hydrogen) atoms. The first-order valence-corrected chi connectivity index (χ1v) is 15.2. The number of hydrogen-bond donors (Lipinski definition) is 0. The molecular formula is C38H72. The fourth-order valence-corrected chi connectivity index (χ4v) is 4.21. The van der Waals surface area contributed by atoms with Crippen LogP contribution >= 0.6 is 0 Å². The van der Waals surface area contributed by atoms with E-state index >= 15 is 0 Å². The smallest absolute Gasteiger partial charge is 0.0129 e. The van der Waals surface area contributed by atoms with Crippen LogP contribution in [0.15, 0.2) is 30.3 Å². The molecule has 0 unspecified atom stereocenters. The third-order valence-corrected chi connectivity index (χ3v) is 6.33. The molecule has 0 aliphatic carbocycles. The van der Waals surface area contributed by atoms with Gasteiger partial charge in [-0.3, -0.25) is 0 Å². The average molecular weight is 529 g/mol. The Hall–Kier alpha value is -1.56. The van der Waals surface area contributed by atoms with Gasteiger partial charge in [0.25, 0.3) is 0 Å². The van der Waals surface area contributed by atoms with E-state index in [1.54, 1.807) is 0 Å². The van der Waals surface area contributed by atoms with E-state index in [0.717, 1.165) is 0 Å². The first-order chi connectivity index (χ1) is 17.0. The summed E-state index contributed by atoms with van der Waals surface area (Å²) in [5.74, 6) is 1.86. The van der Waals surface area contributed by atoms with Crippen LogP contribution in [0.1, 0.15) is 189 Å². The van der Waals surface area contributed by atoms with Crippen molar-refractivity contribution >= 4 is 0 Å². The first-order valence-electron chi connectivity index (χ1n) is 15.2. The highest BCUT2D eigenvalue weighted by Gasteiger charge is 2.20. The van der Waals surface area contributed by atoms with E-state index < -0.39 is 0 Å². The fraction of sp³-hybridized carbons (Fsp3) is 0.684. The lowest BCUT2D eigenvalue weighted by Crippen LogP contribution is -2.17. The first kappa shape index (κ1) is 43.5. The van der Waals surface area contributed by atoms with Crippen molar-refractivity contribution in [1.29, 1.82) is 0 Å². The van der Waals surface area contributed by atoms with Crippen LogP contribution in [0.25, 0.3) is 0 Å². The molecule has 0 heterocycles. The average Bonchev–Trinajstić information content (AvgIpc) is 2.81. The van der Waals surface area contributed by atoms with Gasteiger partial charge in [-0.25, -0.2) is 0 Å². The Kier molecular flexibility index (Phi) is 23.3. The quantitative estimate of drug-likeness (QED) is 0.371. The van der Waals surface area contributed by atoms with E-state index in [9.17, 15) is 0 Å². The van der Waals surface area contributed by atoms with Gasteiger partial charge in [0, 0.05) is 0 Å². The van der Waals surface area contributed by atoms with Crippen molar-refractivity contribution in [3.63, 3.8) is 0 Å². The summed E-state index contributed by atoms with van der Waals surface area (Å²) < 4.78 is 0. The van der Waals surface area contributed by atoms with Gasteiger partial charge in [0.1, 0.15) is 0 Å². The summed E-state index contributed by atoms with van der Waals surface area (Å²) in [6.45, 7) is 43.8. The fourth-order valence-electron chi connectivity index (χ4n) is 4.21. The molecule has 0 aliphatic heterocycles. The predicted molar refractivity (Wildman–Crippen MR) is 183 cm³/mol. The van der Waals surface area contributed by atoms with Crippen LogP contribution in [0.5, 0.6) is 0 Å². The largest absolute Gasteiger partial charge is 0.0776 e. The van der Waals surface area contributed by atoms with Gasteiger partial charge in [0.05, 0.1) is 0 Å². The van der Waals surface area contributed by atoms with Crippen LogP contribution in [0.2, 0.25) is 0 Å². The molecule has 224 valence electrons. The highest BCUT2D eigenvalue weighted by atomic mass is 14.2. The third kappa shape index (κ3) is 14.6. The van der Waals surface area contributed by atoms with Gasteiger partial charge < -0.3 is 0 Å². The van der Waals surface area contributed by atoms with Crippen molar-refractivity contribution in [1.82, 2.24) is 0 Å². The Morgan fingerprint density at radius 1 is 0.526 bits per heavy atom. The van der Waals surface area contributed by atoms with Gasteiger partial charge in [-0.15, -0.1) is 0 Å². The summed E-state index contributed by atoms with van der Waals surface area (Å²) >= 11 is 0. The molecule has 0 aromatic heterocycles. The molecule has 0 heteroatoms. The van der Waals surface area contributed by atoms with Gasteiger partial charge in [0.15, 0.2) is 0 Å². The van der Waals surface area contributed by atoms with Gasteiger partial charge in [-0.2, -0.15) is 0 Å². The molecule has 2 aromatic carbocycles. The highest BCUT2D eigenvalue weighted by molar-refractivity contribution is 5.42. The van der Waals surface area contributed by atoms with Crippen molar-refractivity contribution in [2.75, 3.05) is 0 Å². The summed E-state index contributed by atoms with van der Waals surface area (Å²) in [6, 6.07) is 11.7. The van der Waals surface area contributed by atoms with E-state index in [1.807, 2.05) is 41.5 Å². The van der Waals surface area contributed by atoms with Gasteiger partial charge in [-0.1, -0.05) is 162 Å². The van der Waals surface area contributed by atoms with E-state index in [4.69, 9.17) is 0 Å². The molecule has 2 aromatic rings. The number of benzene rings is 2. The molecule has 0 radical (unpaired) electrons. The Balaban J connectivity index is -0.000000249. The number of aryl methyl sites for hydroxylation is 1. The van der Waals surface area contributed by atoms with Crippen LogP contribution in [0, 0.1) is 13.8 Å². The maximum Gasteiger partial charge on any atom is -0.0129 e. The second-order valence-corrected chi connectivity index (χ2v) is 12.3. The van der Waals surface area contributed by atoms with Crippen LogP contribution in [-0.4, -0.2) is 0 Å². The highest BCUT2D eigenvalue weighted by Crippen LogP contribution is 2.32. The van der Waals surface area contributed by atoms with Crippen LogP contribution in [0.4, 0.5) is 0 Å². The topological polar surface area (TPSA) is 0 Å². The van der Waals surface area contributed by atoms with Gasteiger partial charge >= 0.3 is 0 Å². The third-order valence-electron chi connectivity index (χ3n) is 6.33. The zero-order chi connectivity index (χ0) is 30.3. The summed E-state index contributed by atoms with van der Waals surface area (Å²) in [4.78, 5) is 0. The SMILES string of the molecule is C.CC.CC.CC.Cc1c(C(C)C)cc(C(C)C)cc1C(C)C.Cc1ccc(C(C)(C)C)cc1C(C)(C)C. The maximum absolute atomic E-state index is 2.40. The molecule has 0 saturated carbocycles. The van der Waals surface area contributed by atoms with Crippen molar-refractivity contribution < 1.29 is 0 Å². The maximum atomic E-state index is 2.40. The summed E-state index contributed by atoms with van der Waals surface area (Å²) in [5.41, 5.74) is 10.8. The normalized spacial score (nSPS) is 10.6. The molecule has 0 saturated heterocycles. The van der Waals surface area contributed by atoms with Crippen molar-refractivity contribution in [2.45, 2.75) is 174 Å². The van der Waals surface area contributed by atoms with E-state index in [-0.39, 0.29) is 18.3 Å². The van der Waals surface area contributed by atoms with Gasteiger partial charge in [0.2, 0.25) is 0 Å². The standard InChI is InChI=1S/C16H26.C15H24.3C2H6.CH4/c1-10(2)14-8-15(11(3)4)13(7)16(9-14)12(5)6;1-11-8-9-12(14(2,3)4)10-13(11)15(5,6)7;3*1-2;/h8-12H,1-7H3;8-10H,1-7H3;3*1-2H3;1H4. The molecule has 0 fully saturated rings. The lowest BCUT2D eigenvalue weighted by Gasteiger charge is -2.26. The van der Waals surface area contributed by atoms with Crippen molar-refractivity contribution in [2.24, 2.45) is 0 Å².